The first-order valence-corrected chi connectivity index (χ1v) is 6.39. The van der Waals surface area contributed by atoms with E-state index in [0.29, 0.717) is 29.3 Å². The van der Waals surface area contributed by atoms with Crippen molar-refractivity contribution in [3.05, 3.63) is 55.2 Å². The molecule has 0 saturated heterocycles. The van der Waals surface area contributed by atoms with Gasteiger partial charge < -0.3 is 4.42 Å². The highest BCUT2D eigenvalue weighted by Gasteiger charge is 2.10. The molecule has 0 unspecified atom stereocenters. The van der Waals surface area contributed by atoms with Gasteiger partial charge in [-0.1, -0.05) is 13.2 Å². The van der Waals surface area contributed by atoms with Gasteiger partial charge in [-0.25, -0.2) is 9.37 Å². The maximum Gasteiger partial charge on any atom is 0.221 e. The van der Waals surface area contributed by atoms with Gasteiger partial charge >= 0.3 is 0 Å². The van der Waals surface area contributed by atoms with Gasteiger partial charge in [0.2, 0.25) is 5.89 Å². The molecule has 0 spiro atoms. The molecule has 0 fully saturated rings. The van der Waals surface area contributed by atoms with Crippen LogP contribution in [0.4, 0.5) is 4.39 Å². The minimum Gasteiger partial charge on any atom is -0.444 e. The van der Waals surface area contributed by atoms with Crippen LogP contribution < -0.4 is 0 Å². The molecule has 21 heavy (non-hydrogen) atoms. The van der Waals surface area contributed by atoms with Crippen LogP contribution in [-0.4, -0.2) is 9.97 Å². The summed E-state index contributed by atoms with van der Waals surface area (Å²) < 4.78 is 18.0. The van der Waals surface area contributed by atoms with E-state index in [-0.39, 0.29) is 18.7 Å². The number of halogens is 1. The Morgan fingerprint density at radius 2 is 2.14 bits per heavy atom. The second-order valence-corrected chi connectivity index (χ2v) is 4.53. The van der Waals surface area contributed by atoms with Crippen molar-refractivity contribution in [2.24, 2.45) is 0 Å². The second-order valence-electron chi connectivity index (χ2n) is 4.53. The lowest BCUT2D eigenvalue weighted by Gasteiger charge is -1.99. The average molecular weight is 283 g/mol. The van der Waals surface area contributed by atoms with E-state index >= 15 is 0 Å². The molecule has 2 heterocycles. The lowest BCUT2D eigenvalue weighted by molar-refractivity contribution is 0.536. The number of allylic oxidation sites excluding steroid dienone is 2. The Kier molecular flexibility index (Phi) is 4.62. The molecule has 2 aromatic heterocycles. The van der Waals surface area contributed by atoms with Gasteiger partial charge in [0.15, 0.2) is 0 Å². The smallest absolute Gasteiger partial charge is 0.221 e. The third-order valence-corrected chi connectivity index (χ3v) is 2.89. The first-order valence-electron chi connectivity index (χ1n) is 6.39. The predicted octanol–water partition coefficient (Wildman–Crippen LogP) is 4.08. The molecule has 0 N–H and O–H groups in total. The fraction of sp³-hybridized carbons (Fsp3) is 0.188. The van der Waals surface area contributed by atoms with Gasteiger partial charge in [-0.15, -0.1) is 0 Å². The molecule has 0 aliphatic rings. The SMILES string of the molecule is C=C(F)CCC(=C)c1nc(-c2ccc(CC#N)nc2)co1. The number of rotatable bonds is 6. The van der Waals surface area contributed by atoms with Crippen molar-refractivity contribution in [2.45, 2.75) is 19.3 Å². The lowest BCUT2D eigenvalue weighted by Crippen LogP contribution is -1.89. The van der Waals surface area contributed by atoms with Crippen LogP contribution in [0.5, 0.6) is 0 Å². The summed E-state index contributed by atoms with van der Waals surface area (Å²) in [6.45, 7) is 7.03. The molecule has 0 radical (unpaired) electrons. The van der Waals surface area contributed by atoms with E-state index in [2.05, 4.69) is 23.1 Å². The third kappa shape index (κ3) is 3.86. The Morgan fingerprint density at radius 3 is 2.76 bits per heavy atom. The first-order chi connectivity index (χ1) is 10.1. The molecule has 106 valence electrons. The third-order valence-electron chi connectivity index (χ3n) is 2.89. The molecule has 0 aliphatic carbocycles. The fourth-order valence-electron chi connectivity index (χ4n) is 1.72. The number of aromatic nitrogens is 2. The van der Waals surface area contributed by atoms with E-state index in [1.165, 1.54) is 6.26 Å². The molecular formula is C16H14FN3O. The van der Waals surface area contributed by atoms with Gasteiger partial charge in [-0.2, -0.15) is 5.26 Å². The predicted molar refractivity (Wildman–Crippen MR) is 77.6 cm³/mol. The molecule has 0 amide bonds. The van der Waals surface area contributed by atoms with Crippen LogP contribution in [0.15, 0.2) is 48.0 Å². The van der Waals surface area contributed by atoms with Gasteiger partial charge in [-0.3, -0.25) is 4.98 Å². The van der Waals surface area contributed by atoms with E-state index in [0.717, 1.165) is 5.56 Å². The highest BCUT2D eigenvalue weighted by Crippen LogP contribution is 2.24. The van der Waals surface area contributed by atoms with Crippen molar-refractivity contribution in [3.8, 4) is 17.3 Å². The number of nitriles is 1. The molecule has 2 rings (SSSR count). The van der Waals surface area contributed by atoms with Crippen LogP contribution >= 0.6 is 0 Å². The van der Waals surface area contributed by atoms with Crippen molar-refractivity contribution >= 4 is 5.57 Å². The molecule has 0 aliphatic heterocycles. The minimum absolute atomic E-state index is 0.209. The lowest BCUT2D eigenvalue weighted by atomic mass is 10.1. The first kappa shape index (κ1) is 14.7. The van der Waals surface area contributed by atoms with E-state index in [1.54, 1.807) is 12.3 Å². The number of hydrogen-bond donors (Lipinski definition) is 0. The second kappa shape index (κ2) is 6.62. The van der Waals surface area contributed by atoms with Crippen molar-refractivity contribution in [3.63, 3.8) is 0 Å². The molecule has 0 saturated carbocycles. The summed E-state index contributed by atoms with van der Waals surface area (Å²) in [4.78, 5) is 8.48. The van der Waals surface area contributed by atoms with Crippen LogP contribution in [0, 0.1) is 11.3 Å². The maximum absolute atomic E-state index is 12.6. The maximum atomic E-state index is 12.6. The normalized spacial score (nSPS) is 10.1. The number of pyridine rings is 1. The molecule has 0 aromatic carbocycles. The van der Waals surface area contributed by atoms with Crippen LogP contribution in [0.3, 0.4) is 0 Å². The summed E-state index contributed by atoms with van der Waals surface area (Å²) in [6.07, 6.45) is 4.04. The zero-order chi connectivity index (χ0) is 15.2. The summed E-state index contributed by atoms with van der Waals surface area (Å²) in [7, 11) is 0. The van der Waals surface area contributed by atoms with Gasteiger partial charge in [0.25, 0.3) is 0 Å². The van der Waals surface area contributed by atoms with Gasteiger partial charge in [0.05, 0.1) is 24.0 Å². The van der Waals surface area contributed by atoms with Crippen molar-refractivity contribution in [1.82, 2.24) is 9.97 Å². The highest BCUT2D eigenvalue weighted by molar-refractivity contribution is 5.62. The highest BCUT2D eigenvalue weighted by atomic mass is 19.1. The number of oxazole rings is 1. The Bertz CT molecular complexity index is 695. The Labute approximate surface area is 122 Å². The van der Waals surface area contributed by atoms with E-state index in [1.807, 2.05) is 12.1 Å². The van der Waals surface area contributed by atoms with Crippen LogP contribution in [0.1, 0.15) is 24.4 Å². The molecule has 0 bridgehead atoms. The number of nitrogens with zero attached hydrogens (tertiary/aromatic N) is 3. The van der Waals surface area contributed by atoms with Crippen molar-refractivity contribution in [1.29, 1.82) is 5.26 Å². The minimum atomic E-state index is -0.389. The Morgan fingerprint density at radius 1 is 1.33 bits per heavy atom. The molecule has 2 aromatic rings. The summed E-state index contributed by atoms with van der Waals surface area (Å²) in [5.41, 5.74) is 2.74. The molecule has 0 atom stereocenters. The number of hydrogen-bond acceptors (Lipinski definition) is 4. The molecule has 5 heteroatoms. The largest absolute Gasteiger partial charge is 0.444 e. The van der Waals surface area contributed by atoms with E-state index in [9.17, 15) is 4.39 Å². The topological polar surface area (TPSA) is 62.7 Å². The summed E-state index contributed by atoms with van der Waals surface area (Å²) in [5.74, 6) is -0.00689. The Balaban J connectivity index is 2.10. The summed E-state index contributed by atoms with van der Waals surface area (Å²) >= 11 is 0. The molecule has 4 nitrogen and oxygen atoms in total. The van der Waals surface area contributed by atoms with Gasteiger partial charge in [0.1, 0.15) is 12.0 Å². The molecular weight excluding hydrogens is 269 g/mol. The van der Waals surface area contributed by atoms with Crippen LogP contribution in [0.25, 0.3) is 16.8 Å². The van der Waals surface area contributed by atoms with E-state index in [4.69, 9.17) is 9.68 Å². The average Bonchev–Trinajstić information content (AvgIpc) is 2.96. The summed E-state index contributed by atoms with van der Waals surface area (Å²) in [6, 6.07) is 5.64. The summed E-state index contributed by atoms with van der Waals surface area (Å²) in [5, 5.41) is 8.60. The van der Waals surface area contributed by atoms with Crippen molar-refractivity contribution in [2.75, 3.05) is 0 Å². The zero-order valence-electron chi connectivity index (χ0n) is 11.5. The van der Waals surface area contributed by atoms with Gasteiger partial charge in [-0.05, 0) is 18.6 Å². The monoisotopic (exact) mass is 283 g/mol. The standard InChI is InChI=1S/C16H14FN3O/c1-11(3-4-12(2)17)16-20-15(10-21-16)13-5-6-14(7-8-18)19-9-13/h5-6,9-10H,1-4,7H2. The van der Waals surface area contributed by atoms with Crippen molar-refractivity contribution < 1.29 is 8.81 Å². The Hall–Kier alpha value is -2.74. The fourth-order valence-corrected chi connectivity index (χ4v) is 1.72. The van der Waals surface area contributed by atoms with E-state index < -0.39 is 0 Å². The van der Waals surface area contributed by atoms with Crippen LogP contribution in [-0.2, 0) is 6.42 Å². The zero-order valence-corrected chi connectivity index (χ0v) is 11.5. The van der Waals surface area contributed by atoms with Gasteiger partial charge in [0, 0.05) is 23.8 Å². The van der Waals surface area contributed by atoms with Crippen LogP contribution in [0.2, 0.25) is 0 Å². The quantitative estimate of drug-likeness (QED) is 0.801.